The maximum Gasteiger partial charge on any atom is 0.220 e. The normalized spacial score (nSPS) is 11.1. The highest BCUT2D eigenvalue weighted by atomic mass is 19.1. The van der Waals surface area contributed by atoms with Crippen molar-refractivity contribution in [3.63, 3.8) is 0 Å². The average molecular weight is 356 g/mol. The molecule has 4 rings (SSSR count). The number of fused-ring (bicyclic) bond motifs is 1. The zero-order valence-corrected chi connectivity index (χ0v) is 16.2. The van der Waals surface area contributed by atoms with Gasteiger partial charge in [-0.1, -0.05) is 48.0 Å². The van der Waals surface area contributed by atoms with Crippen LogP contribution in [0.4, 0.5) is 4.39 Å². The second kappa shape index (κ2) is 6.62. The molecule has 4 aromatic rings. The number of rotatable bonds is 2. The summed E-state index contributed by atoms with van der Waals surface area (Å²) in [6, 6.07) is 22.1. The molecule has 0 bridgehead atoms. The van der Waals surface area contributed by atoms with E-state index >= 15 is 0 Å². The van der Waals surface area contributed by atoms with Gasteiger partial charge in [-0.15, -0.1) is 0 Å². The standard InChI is InChI=1S/C25H23FN/c1-16-10-11-20-14-18(3)27(4)25(23(20)12-16)21-15-22(24(26)13-17(21)2)19-8-6-5-7-9-19/h5-15H,1-4H3/q+1. The molecule has 0 atom stereocenters. The lowest BCUT2D eigenvalue weighted by atomic mass is 9.93. The van der Waals surface area contributed by atoms with Gasteiger partial charge in [0.2, 0.25) is 5.69 Å². The zero-order valence-electron chi connectivity index (χ0n) is 16.2. The summed E-state index contributed by atoms with van der Waals surface area (Å²) in [6.45, 7) is 6.20. The van der Waals surface area contributed by atoms with E-state index in [1.54, 1.807) is 6.07 Å². The highest BCUT2D eigenvalue weighted by molar-refractivity contribution is 5.95. The van der Waals surface area contributed by atoms with Gasteiger partial charge >= 0.3 is 0 Å². The molecule has 0 fully saturated rings. The molecule has 1 heterocycles. The Labute approximate surface area is 159 Å². The molecule has 1 aromatic heterocycles. The fourth-order valence-corrected chi connectivity index (χ4v) is 3.77. The summed E-state index contributed by atoms with van der Waals surface area (Å²) >= 11 is 0. The van der Waals surface area contributed by atoms with Crippen LogP contribution in [0.1, 0.15) is 16.8 Å². The summed E-state index contributed by atoms with van der Waals surface area (Å²) < 4.78 is 17.0. The number of aryl methyl sites for hydroxylation is 3. The van der Waals surface area contributed by atoms with Gasteiger partial charge in [-0.25, -0.2) is 4.39 Å². The van der Waals surface area contributed by atoms with E-state index in [0.717, 1.165) is 22.4 Å². The smallest absolute Gasteiger partial charge is 0.206 e. The van der Waals surface area contributed by atoms with Crippen molar-refractivity contribution < 1.29 is 8.96 Å². The molecule has 0 N–H and O–H groups in total. The van der Waals surface area contributed by atoms with Crippen molar-refractivity contribution in [3.05, 3.63) is 89.4 Å². The maximum atomic E-state index is 14.8. The molecular formula is C25H23FN+. The third kappa shape index (κ3) is 3.02. The molecule has 0 saturated heterocycles. The number of nitrogens with zero attached hydrogens (tertiary/aromatic N) is 1. The van der Waals surface area contributed by atoms with Crippen LogP contribution in [0.15, 0.2) is 66.7 Å². The first-order valence-electron chi connectivity index (χ1n) is 9.21. The van der Waals surface area contributed by atoms with Crippen LogP contribution >= 0.6 is 0 Å². The molecule has 0 radical (unpaired) electrons. The number of hydrogen-bond donors (Lipinski definition) is 0. The van der Waals surface area contributed by atoms with Crippen LogP contribution in [-0.4, -0.2) is 0 Å². The first-order valence-corrected chi connectivity index (χ1v) is 9.21. The molecule has 27 heavy (non-hydrogen) atoms. The maximum absolute atomic E-state index is 14.8. The van der Waals surface area contributed by atoms with Gasteiger partial charge in [-0.2, -0.15) is 4.57 Å². The SMILES string of the molecule is Cc1ccc2cc(C)[n+](C)c(-c3cc(-c4ccccc4)c(F)cc3C)c2c1. The van der Waals surface area contributed by atoms with Gasteiger partial charge in [0.25, 0.3) is 0 Å². The Morgan fingerprint density at radius 3 is 2.26 bits per heavy atom. The fourth-order valence-electron chi connectivity index (χ4n) is 3.77. The van der Waals surface area contributed by atoms with Crippen LogP contribution in [0.25, 0.3) is 33.2 Å². The molecule has 0 unspecified atom stereocenters. The second-order valence-electron chi connectivity index (χ2n) is 7.30. The summed E-state index contributed by atoms with van der Waals surface area (Å²) in [6.07, 6.45) is 0. The van der Waals surface area contributed by atoms with Crippen molar-refractivity contribution in [1.29, 1.82) is 0 Å². The van der Waals surface area contributed by atoms with Crippen molar-refractivity contribution in [1.82, 2.24) is 0 Å². The van der Waals surface area contributed by atoms with Crippen LogP contribution in [-0.2, 0) is 7.05 Å². The lowest BCUT2D eigenvalue weighted by Gasteiger charge is -2.13. The summed E-state index contributed by atoms with van der Waals surface area (Å²) in [5.74, 6) is -0.182. The molecule has 1 nitrogen and oxygen atoms in total. The quantitative estimate of drug-likeness (QED) is 0.384. The van der Waals surface area contributed by atoms with Gasteiger partial charge in [0.05, 0.1) is 10.9 Å². The molecule has 0 aliphatic heterocycles. The first kappa shape index (κ1) is 17.4. The van der Waals surface area contributed by atoms with E-state index in [1.807, 2.05) is 43.3 Å². The van der Waals surface area contributed by atoms with Crippen molar-refractivity contribution >= 4 is 10.8 Å². The van der Waals surface area contributed by atoms with Crippen LogP contribution in [0, 0.1) is 26.6 Å². The molecule has 3 aromatic carbocycles. The Balaban J connectivity index is 2.08. The molecule has 0 aliphatic rings. The van der Waals surface area contributed by atoms with Crippen molar-refractivity contribution in [3.8, 4) is 22.4 Å². The Morgan fingerprint density at radius 1 is 0.778 bits per heavy atom. The largest absolute Gasteiger partial charge is 0.220 e. The number of aromatic nitrogens is 1. The van der Waals surface area contributed by atoms with Gasteiger partial charge in [-0.05, 0) is 48.6 Å². The van der Waals surface area contributed by atoms with Crippen LogP contribution in [0.5, 0.6) is 0 Å². The molecule has 0 spiro atoms. The molecule has 2 heteroatoms. The predicted molar refractivity (Wildman–Crippen MR) is 110 cm³/mol. The monoisotopic (exact) mass is 356 g/mol. The zero-order chi connectivity index (χ0) is 19.1. The van der Waals surface area contributed by atoms with Crippen LogP contribution in [0.2, 0.25) is 0 Å². The van der Waals surface area contributed by atoms with Crippen LogP contribution in [0.3, 0.4) is 0 Å². The Morgan fingerprint density at radius 2 is 1.52 bits per heavy atom. The number of halogens is 1. The topological polar surface area (TPSA) is 3.88 Å². The summed E-state index contributed by atoms with van der Waals surface area (Å²) in [5.41, 5.74) is 7.06. The summed E-state index contributed by atoms with van der Waals surface area (Å²) in [4.78, 5) is 0. The van der Waals surface area contributed by atoms with Crippen molar-refractivity contribution in [2.45, 2.75) is 20.8 Å². The lowest BCUT2D eigenvalue weighted by Crippen LogP contribution is -2.35. The Hall–Kier alpha value is -3.00. The van der Waals surface area contributed by atoms with E-state index < -0.39 is 0 Å². The molecule has 0 saturated carbocycles. The minimum atomic E-state index is -0.182. The highest BCUT2D eigenvalue weighted by Crippen LogP contribution is 2.34. The van der Waals surface area contributed by atoms with E-state index in [1.165, 1.54) is 22.0 Å². The molecule has 0 amide bonds. The summed E-state index contributed by atoms with van der Waals surface area (Å²) in [5, 5.41) is 2.40. The third-order valence-corrected chi connectivity index (χ3v) is 5.35. The van der Waals surface area contributed by atoms with Gasteiger partial charge in [-0.3, -0.25) is 0 Å². The number of pyridine rings is 1. The second-order valence-corrected chi connectivity index (χ2v) is 7.30. The van der Waals surface area contributed by atoms with E-state index in [4.69, 9.17) is 0 Å². The van der Waals surface area contributed by atoms with Crippen molar-refractivity contribution in [2.24, 2.45) is 7.05 Å². The number of hydrogen-bond acceptors (Lipinski definition) is 0. The van der Waals surface area contributed by atoms with E-state index in [9.17, 15) is 4.39 Å². The van der Waals surface area contributed by atoms with E-state index in [-0.39, 0.29) is 5.82 Å². The van der Waals surface area contributed by atoms with Gasteiger partial charge < -0.3 is 0 Å². The molecule has 0 aliphatic carbocycles. The minimum Gasteiger partial charge on any atom is -0.206 e. The van der Waals surface area contributed by atoms with Gasteiger partial charge in [0.15, 0.2) is 5.69 Å². The predicted octanol–water partition coefficient (Wildman–Crippen LogP) is 6.06. The van der Waals surface area contributed by atoms with Crippen molar-refractivity contribution in [2.75, 3.05) is 0 Å². The Bertz CT molecular complexity index is 1160. The third-order valence-electron chi connectivity index (χ3n) is 5.35. The highest BCUT2D eigenvalue weighted by Gasteiger charge is 2.21. The molecular weight excluding hydrogens is 333 g/mol. The lowest BCUT2D eigenvalue weighted by molar-refractivity contribution is -0.665. The van der Waals surface area contributed by atoms with E-state index in [0.29, 0.717) is 5.56 Å². The summed E-state index contributed by atoms with van der Waals surface area (Å²) in [7, 11) is 2.08. The fraction of sp³-hybridized carbons (Fsp3) is 0.160. The minimum absolute atomic E-state index is 0.182. The van der Waals surface area contributed by atoms with Gasteiger partial charge in [0.1, 0.15) is 12.9 Å². The average Bonchev–Trinajstić information content (AvgIpc) is 2.65. The van der Waals surface area contributed by atoms with Gasteiger partial charge in [0, 0.05) is 18.6 Å². The first-order chi connectivity index (χ1) is 13.0. The number of benzene rings is 3. The molecule has 134 valence electrons. The Kier molecular flexibility index (Phi) is 4.27. The van der Waals surface area contributed by atoms with E-state index in [2.05, 4.69) is 49.7 Å². The van der Waals surface area contributed by atoms with Crippen LogP contribution < -0.4 is 4.57 Å².